The summed E-state index contributed by atoms with van der Waals surface area (Å²) in [4.78, 5) is 58.2. The molecule has 0 aromatic rings. The van der Waals surface area contributed by atoms with E-state index in [2.05, 4.69) is 16.0 Å². The molecule has 0 bridgehead atoms. The lowest BCUT2D eigenvalue weighted by Crippen LogP contribution is -2.58. The number of rotatable bonds is 13. The van der Waals surface area contributed by atoms with Crippen LogP contribution in [0.25, 0.3) is 0 Å². The molecule has 0 fully saturated rings. The van der Waals surface area contributed by atoms with Crippen LogP contribution in [0.15, 0.2) is 0 Å². The molecule has 28 heavy (non-hydrogen) atoms. The highest BCUT2D eigenvalue weighted by Gasteiger charge is 2.29. The third-order valence-corrected chi connectivity index (χ3v) is 4.19. The second-order valence-electron chi connectivity index (χ2n) is 5.93. The first-order valence-electron chi connectivity index (χ1n) is 8.31. The number of thioether (sulfide) groups is 1. The van der Waals surface area contributed by atoms with Gasteiger partial charge in [0.25, 0.3) is 0 Å². The Morgan fingerprint density at radius 1 is 1.00 bits per heavy atom. The summed E-state index contributed by atoms with van der Waals surface area (Å²) in [6.45, 7) is 0.437. The maximum absolute atomic E-state index is 12.4. The predicted molar refractivity (Wildman–Crippen MR) is 101 cm³/mol. The molecule has 0 spiro atoms. The minimum absolute atomic E-state index is 0.188. The molecule has 4 atom stereocenters. The van der Waals surface area contributed by atoms with Crippen molar-refractivity contribution < 1.29 is 34.2 Å². The number of aliphatic hydroxyl groups excluding tert-OH is 1. The van der Waals surface area contributed by atoms with Crippen LogP contribution >= 0.6 is 11.8 Å². The van der Waals surface area contributed by atoms with Crippen molar-refractivity contribution in [2.75, 3.05) is 18.6 Å². The van der Waals surface area contributed by atoms with Crippen molar-refractivity contribution in [2.24, 2.45) is 11.5 Å². The van der Waals surface area contributed by atoms with E-state index in [9.17, 15) is 29.1 Å². The van der Waals surface area contributed by atoms with Gasteiger partial charge in [-0.25, -0.2) is 0 Å². The molecule has 9 N–H and O–H groups in total. The minimum Gasteiger partial charge on any atom is -0.480 e. The molecule has 0 heterocycles. The summed E-state index contributed by atoms with van der Waals surface area (Å²) < 4.78 is 0. The predicted octanol–water partition coefficient (Wildman–Crippen LogP) is -3.51. The number of nitrogens with two attached hydrogens (primary N) is 2. The van der Waals surface area contributed by atoms with Crippen molar-refractivity contribution in [1.82, 2.24) is 16.0 Å². The number of carbonyl (C=O) groups excluding carboxylic acids is 4. The fourth-order valence-electron chi connectivity index (χ4n) is 1.93. The van der Waals surface area contributed by atoms with E-state index in [-0.39, 0.29) is 6.42 Å². The highest BCUT2D eigenvalue weighted by molar-refractivity contribution is 7.98. The van der Waals surface area contributed by atoms with Crippen LogP contribution in [0.2, 0.25) is 0 Å². The number of carbonyl (C=O) groups is 5. The van der Waals surface area contributed by atoms with Crippen molar-refractivity contribution in [3.8, 4) is 0 Å². The maximum atomic E-state index is 12.4. The lowest BCUT2D eigenvalue weighted by molar-refractivity contribution is -0.142. The molecule has 0 aliphatic rings. The number of hydrogen-bond donors (Lipinski definition) is 7. The molecule has 13 heteroatoms. The van der Waals surface area contributed by atoms with E-state index in [1.54, 1.807) is 6.26 Å². The zero-order chi connectivity index (χ0) is 21.9. The van der Waals surface area contributed by atoms with Gasteiger partial charge in [-0.2, -0.15) is 11.8 Å². The number of carboxylic acid groups (broad SMARTS) is 1. The summed E-state index contributed by atoms with van der Waals surface area (Å²) in [7, 11) is 0. The summed E-state index contributed by atoms with van der Waals surface area (Å²) in [6, 6.07) is -4.97. The molecule has 0 aliphatic heterocycles. The number of aliphatic hydroxyl groups is 1. The molecule has 12 nitrogen and oxygen atoms in total. The first kappa shape index (κ1) is 25.6. The van der Waals surface area contributed by atoms with Gasteiger partial charge in [0.1, 0.15) is 18.1 Å². The lowest BCUT2D eigenvalue weighted by atomic mass is 10.1. The molecule has 0 radical (unpaired) electrons. The third-order valence-electron chi connectivity index (χ3n) is 3.55. The monoisotopic (exact) mass is 421 g/mol. The molecule has 0 aliphatic carbocycles. The average molecular weight is 421 g/mol. The normalized spacial score (nSPS) is 14.9. The number of aliphatic carboxylic acids is 1. The molecule has 0 saturated heterocycles. The Labute approximate surface area is 166 Å². The standard InChI is InChI=1S/C15H27N5O7S/c1-7(15(26)27)18-14(25)10(6-21)20-13(24)9(3-4-28-2)19-12(23)8(16)5-11(17)22/h7-10,21H,3-6,16H2,1-2H3,(H2,17,22)(H,18,25)(H,19,23)(H,20,24)(H,26,27). The van der Waals surface area contributed by atoms with E-state index >= 15 is 0 Å². The lowest BCUT2D eigenvalue weighted by Gasteiger charge is -2.23. The zero-order valence-electron chi connectivity index (χ0n) is 15.6. The smallest absolute Gasteiger partial charge is 0.325 e. The van der Waals surface area contributed by atoms with Gasteiger partial charge in [0, 0.05) is 0 Å². The van der Waals surface area contributed by atoms with E-state index in [4.69, 9.17) is 16.6 Å². The van der Waals surface area contributed by atoms with Crippen LogP contribution in [-0.2, 0) is 24.0 Å². The van der Waals surface area contributed by atoms with E-state index in [1.807, 2.05) is 0 Å². The number of nitrogens with one attached hydrogen (secondary N) is 3. The van der Waals surface area contributed by atoms with Gasteiger partial charge >= 0.3 is 5.97 Å². The van der Waals surface area contributed by atoms with Crippen molar-refractivity contribution in [3.63, 3.8) is 0 Å². The van der Waals surface area contributed by atoms with Gasteiger partial charge in [-0.3, -0.25) is 24.0 Å². The third kappa shape index (κ3) is 9.53. The van der Waals surface area contributed by atoms with Gasteiger partial charge in [-0.1, -0.05) is 0 Å². The Morgan fingerprint density at radius 3 is 2.00 bits per heavy atom. The van der Waals surface area contributed by atoms with Crippen LogP contribution in [0.5, 0.6) is 0 Å². The summed E-state index contributed by atoms with van der Waals surface area (Å²) in [6.07, 6.45) is 1.57. The Hall–Kier alpha value is -2.38. The van der Waals surface area contributed by atoms with Gasteiger partial charge in [-0.05, 0) is 25.4 Å². The summed E-state index contributed by atoms with van der Waals surface area (Å²) >= 11 is 1.41. The molecular weight excluding hydrogens is 394 g/mol. The Morgan fingerprint density at radius 2 is 1.54 bits per heavy atom. The van der Waals surface area contributed by atoms with Crippen LogP contribution in [0.3, 0.4) is 0 Å². The second kappa shape index (κ2) is 12.9. The Balaban J connectivity index is 5.06. The quantitative estimate of drug-likeness (QED) is 0.157. The summed E-state index contributed by atoms with van der Waals surface area (Å²) in [5.41, 5.74) is 10.5. The highest BCUT2D eigenvalue weighted by Crippen LogP contribution is 2.03. The number of amides is 4. The van der Waals surface area contributed by atoms with Crippen molar-refractivity contribution in [2.45, 2.75) is 43.9 Å². The maximum Gasteiger partial charge on any atom is 0.325 e. The van der Waals surface area contributed by atoms with Crippen molar-refractivity contribution >= 4 is 41.4 Å². The van der Waals surface area contributed by atoms with Crippen LogP contribution < -0.4 is 27.4 Å². The molecule has 0 rings (SSSR count). The van der Waals surface area contributed by atoms with Gasteiger partial charge in [0.2, 0.25) is 23.6 Å². The van der Waals surface area contributed by atoms with Gasteiger partial charge in [-0.15, -0.1) is 0 Å². The van der Waals surface area contributed by atoms with E-state index in [0.717, 1.165) is 0 Å². The minimum atomic E-state index is -1.41. The van der Waals surface area contributed by atoms with Crippen molar-refractivity contribution in [1.29, 1.82) is 0 Å². The fourth-order valence-corrected chi connectivity index (χ4v) is 2.41. The SMILES string of the molecule is CSCCC(NC(=O)C(N)CC(N)=O)C(=O)NC(CO)C(=O)NC(C)C(=O)O. The molecule has 0 aromatic heterocycles. The summed E-state index contributed by atoms with van der Waals surface area (Å²) in [5, 5.41) is 24.9. The van der Waals surface area contributed by atoms with Crippen LogP contribution in [-0.4, -0.2) is 82.6 Å². The zero-order valence-corrected chi connectivity index (χ0v) is 16.5. The molecular formula is C15H27N5O7S. The van der Waals surface area contributed by atoms with E-state index in [1.165, 1.54) is 18.7 Å². The first-order chi connectivity index (χ1) is 13.0. The molecule has 0 aromatic carbocycles. The van der Waals surface area contributed by atoms with Crippen molar-refractivity contribution in [3.05, 3.63) is 0 Å². The molecule has 0 saturated carbocycles. The largest absolute Gasteiger partial charge is 0.480 e. The van der Waals surface area contributed by atoms with E-state index in [0.29, 0.717) is 5.75 Å². The second-order valence-corrected chi connectivity index (χ2v) is 6.92. The van der Waals surface area contributed by atoms with Gasteiger partial charge in [0.15, 0.2) is 0 Å². The summed E-state index contributed by atoms with van der Waals surface area (Å²) in [5.74, 6) is -4.03. The molecule has 4 amide bonds. The topological polar surface area (TPSA) is 214 Å². The highest BCUT2D eigenvalue weighted by atomic mass is 32.2. The number of hydrogen-bond acceptors (Lipinski definition) is 8. The van der Waals surface area contributed by atoms with Gasteiger partial charge < -0.3 is 37.6 Å². The van der Waals surface area contributed by atoms with Gasteiger partial charge in [0.05, 0.1) is 19.1 Å². The van der Waals surface area contributed by atoms with Crippen LogP contribution in [0.1, 0.15) is 19.8 Å². The molecule has 4 unspecified atom stereocenters. The number of carboxylic acids is 1. The van der Waals surface area contributed by atoms with E-state index < -0.39 is 66.8 Å². The van der Waals surface area contributed by atoms with Crippen LogP contribution in [0.4, 0.5) is 0 Å². The Kier molecular flexibility index (Phi) is 11.8. The van der Waals surface area contributed by atoms with Crippen LogP contribution in [0, 0.1) is 0 Å². The average Bonchev–Trinajstić information content (AvgIpc) is 2.61. The Bertz CT molecular complexity index is 589. The fraction of sp³-hybridized carbons (Fsp3) is 0.667. The molecule has 160 valence electrons. The number of primary amides is 1. The first-order valence-corrected chi connectivity index (χ1v) is 9.70.